The highest BCUT2D eigenvalue weighted by Crippen LogP contribution is 2.17. The lowest BCUT2D eigenvalue weighted by Crippen LogP contribution is -2.46. The van der Waals surface area contributed by atoms with Gasteiger partial charge in [-0.3, -0.25) is 0 Å². The van der Waals surface area contributed by atoms with Gasteiger partial charge in [-0.05, 0) is 25.5 Å². The summed E-state index contributed by atoms with van der Waals surface area (Å²) in [4.78, 5) is 0. The molecule has 3 nitrogen and oxygen atoms in total. The van der Waals surface area contributed by atoms with Crippen molar-refractivity contribution < 1.29 is 9.47 Å². The van der Waals surface area contributed by atoms with Gasteiger partial charge in [0, 0.05) is 12.6 Å². The molecule has 15 heavy (non-hydrogen) atoms. The van der Waals surface area contributed by atoms with Gasteiger partial charge in [0.05, 0.1) is 6.61 Å². The van der Waals surface area contributed by atoms with E-state index in [0.29, 0.717) is 6.61 Å². The van der Waals surface area contributed by atoms with Gasteiger partial charge in [-0.2, -0.15) is 0 Å². The van der Waals surface area contributed by atoms with Gasteiger partial charge in [0.15, 0.2) is 0 Å². The highest BCUT2D eigenvalue weighted by Gasteiger charge is 2.23. The van der Waals surface area contributed by atoms with Gasteiger partial charge in [-0.15, -0.1) is 0 Å². The Labute approximate surface area is 90.2 Å². The molecule has 0 radical (unpaired) electrons. The molecule has 1 aliphatic heterocycles. The van der Waals surface area contributed by atoms with Crippen molar-refractivity contribution in [3.63, 3.8) is 0 Å². The topological polar surface area (TPSA) is 44.5 Å². The van der Waals surface area contributed by atoms with E-state index in [2.05, 4.69) is 6.92 Å². The molecule has 0 amide bonds. The molecule has 0 saturated carbocycles. The van der Waals surface area contributed by atoms with Gasteiger partial charge in [-0.25, -0.2) is 0 Å². The zero-order chi connectivity index (χ0) is 10.7. The fourth-order valence-electron chi connectivity index (χ4n) is 1.64. The SMILES string of the molecule is Cc1ccc(OC2COCCC2N)cc1. The molecular formula is C12H17NO2. The number of rotatable bonds is 2. The number of aryl methyl sites for hydroxylation is 1. The molecule has 1 fully saturated rings. The third-order valence-corrected chi connectivity index (χ3v) is 2.66. The van der Waals surface area contributed by atoms with Crippen molar-refractivity contribution in [2.24, 2.45) is 5.73 Å². The maximum Gasteiger partial charge on any atom is 0.137 e. The number of nitrogens with two attached hydrogens (primary N) is 1. The van der Waals surface area contributed by atoms with Crippen LogP contribution in [0.25, 0.3) is 0 Å². The molecule has 2 rings (SSSR count). The van der Waals surface area contributed by atoms with Crippen LogP contribution in [-0.4, -0.2) is 25.4 Å². The molecule has 0 aromatic heterocycles. The number of hydrogen-bond donors (Lipinski definition) is 1. The molecule has 1 aromatic rings. The first-order valence-electron chi connectivity index (χ1n) is 5.32. The van der Waals surface area contributed by atoms with Gasteiger partial charge in [0.25, 0.3) is 0 Å². The van der Waals surface area contributed by atoms with Crippen LogP contribution in [0, 0.1) is 6.92 Å². The van der Waals surface area contributed by atoms with E-state index < -0.39 is 0 Å². The molecule has 2 N–H and O–H groups in total. The Hall–Kier alpha value is -1.06. The van der Waals surface area contributed by atoms with E-state index >= 15 is 0 Å². The average Bonchev–Trinajstić information content (AvgIpc) is 2.25. The predicted molar refractivity (Wildman–Crippen MR) is 59.0 cm³/mol. The second-order valence-electron chi connectivity index (χ2n) is 4.00. The van der Waals surface area contributed by atoms with Crippen LogP contribution in [0.2, 0.25) is 0 Å². The van der Waals surface area contributed by atoms with E-state index in [1.165, 1.54) is 5.56 Å². The monoisotopic (exact) mass is 207 g/mol. The smallest absolute Gasteiger partial charge is 0.137 e. The second kappa shape index (κ2) is 4.64. The van der Waals surface area contributed by atoms with Crippen LogP contribution in [0.5, 0.6) is 5.75 Å². The number of ether oxygens (including phenoxy) is 2. The fourth-order valence-corrected chi connectivity index (χ4v) is 1.64. The van der Waals surface area contributed by atoms with Gasteiger partial charge >= 0.3 is 0 Å². The Morgan fingerprint density at radius 3 is 2.73 bits per heavy atom. The molecule has 0 spiro atoms. The Balaban J connectivity index is 1.98. The lowest BCUT2D eigenvalue weighted by atomic mass is 10.1. The third-order valence-electron chi connectivity index (χ3n) is 2.66. The molecular weight excluding hydrogens is 190 g/mol. The summed E-state index contributed by atoms with van der Waals surface area (Å²) in [5, 5.41) is 0. The fraction of sp³-hybridized carbons (Fsp3) is 0.500. The first-order valence-corrected chi connectivity index (χ1v) is 5.32. The minimum atomic E-state index is -0.0125. The Morgan fingerprint density at radius 2 is 2.07 bits per heavy atom. The summed E-state index contributed by atoms with van der Waals surface area (Å²) in [6.07, 6.45) is 0.859. The van der Waals surface area contributed by atoms with Crippen molar-refractivity contribution >= 4 is 0 Å². The highest BCUT2D eigenvalue weighted by molar-refractivity contribution is 5.26. The minimum absolute atomic E-state index is 0.0125. The third kappa shape index (κ3) is 2.70. The molecule has 1 aromatic carbocycles. The molecule has 82 valence electrons. The highest BCUT2D eigenvalue weighted by atomic mass is 16.5. The van der Waals surface area contributed by atoms with E-state index in [4.69, 9.17) is 15.2 Å². The zero-order valence-corrected chi connectivity index (χ0v) is 8.98. The van der Waals surface area contributed by atoms with E-state index in [1.54, 1.807) is 0 Å². The Morgan fingerprint density at radius 1 is 1.33 bits per heavy atom. The largest absolute Gasteiger partial charge is 0.486 e. The zero-order valence-electron chi connectivity index (χ0n) is 8.98. The van der Waals surface area contributed by atoms with Crippen LogP contribution in [0.1, 0.15) is 12.0 Å². The van der Waals surface area contributed by atoms with Crippen LogP contribution in [0.15, 0.2) is 24.3 Å². The van der Waals surface area contributed by atoms with E-state index in [9.17, 15) is 0 Å². The molecule has 1 aliphatic rings. The summed E-state index contributed by atoms with van der Waals surface area (Å²) in [6.45, 7) is 3.39. The maximum absolute atomic E-state index is 5.95. The van der Waals surface area contributed by atoms with Gasteiger partial charge in [-0.1, -0.05) is 17.7 Å². The lowest BCUT2D eigenvalue weighted by molar-refractivity contribution is -0.00531. The summed E-state index contributed by atoms with van der Waals surface area (Å²) in [7, 11) is 0. The molecule has 0 bridgehead atoms. The summed E-state index contributed by atoms with van der Waals surface area (Å²) >= 11 is 0. The maximum atomic E-state index is 5.95. The van der Waals surface area contributed by atoms with Crippen molar-refractivity contribution in [3.05, 3.63) is 29.8 Å². The van der Waals surface area contributed by atoms with Crippen molar-refractivity contribution in [3.8, 4) is 5.75 Å². The average molecular weight is 207 g/mol. The predicted octanol–water partition coefficient (Wildman–Crippen LogP) is 1.49. The molecule has 1 saturated heterocycles. The Kier molecular flexibility index (Phi) is 3.23. The van der Waals surface area contributed by atoms with E-state index in [1.807, 2.05) is 24.3 Å². The summed E-state index contributed by atoms with van der Waals surface area (Å²) < 4.78 is 11.1. The summed E-state index contributed by atoms with van der Waals surface area (Å²) in [5.41, 5.74) is 7.18. The first kappa shape index (κ1) is 10.5. The van der Waals surface area contributed by atoms with Crippen LogP contribution >= 0.6 is 0 Å². The molecule has 0 aliphatic carbocycles. The van der Waals surface area contributed by atoms with Crippen molar-refractivity contribution in [2.75, 3.05) is 13.2 Å². The van der Waals surface area contributed by atoms with Crippen molar-refractivity contribution in [2.45, 2.75) is 25.5 Å². The molecule has 2 unspecified atom stereocenters. The van der Waals surface area contributed by atoms with Crippen molar-refractivity contribution in [1.82, 2.24) is 0 Å². The van der Waals surface area contributed by atoms with Crippen molar-refractivity contribution in [1.29, 1.82) is 0 Å². The minimum Gasteiger partial charge on any atom is -0.486 e. The van der Waals surface area contributed by atoms with E-state index in [0.717, 1.165) is 18.8 Å². The summed E-state index contributed by atoms with van der Waals surface area (Å²) in [5.74, 6) is 0.867. The van der Waals surface area contributed by atoms with Gasteiger partial charge < -0.3 is 15.2 Å². The van der Waals surface area contributed by atoms with Gasteiger partial charge in [0.1, 0.15) is 11.9 Å². The summed E-state index contributed by atoms with van der Waals surface area (Å²) in [6, 6.07) is 8.09. The Bertz CT molecular complexity index is 310. The van der Waals surface area contributed by atoms with Crippen LogP contribution in [0.4, 0.5) is 0 Å². The first-order chi connectivity index (χ1) is 7.25. The lowest BCUT2D eigenvalue weighted by Gasteiger charge is -2.29. The number of hydrogen-bond acceptors (Lipinski definition) is 3. The van der Waals surface area contributed by atoms with Gasteiger partial charge in [0.2, 0.25) is 0 Å². The standard InChI is InChI=1S/C12H17NO2/c1-9-2-4-10(5-3-9)15-12-8-14-7-6-11(12)13/h2-5,11-12H,6-8,13H2,1H3. The van der Waals surface area contributed by atoms with E-state index in [-0.39, 0.29) is 12.1 Å². The molecule has 1 heterocycles. The van der Waals surface area contributed by atoms with Crippen LogP contribution in [0.3, 0.4) is 0 Å². The second-order valence-corrected chi connectivity index (χ2v) is 4.00. The normalized spacial score (nSPS) is 26.3. The quantitative estimate of drug-likeness (QED) is 0.799. The van der Waals surface area contributed by atoms with Crippen LogP contribution in [-0.2, 0) is 4.74 Å². The van der Waals surface area contributed by atoms with Crippen LogP contribution < -0.4 is 10.5 Å². The number of benzene rings is 1. The molecule has 2 atom stereocenters. The molecule has 3 heteroatoms.